The predicted molar refractivity (Wildman–Crippen MR) is 125 cm³/mol. The van der Waals surface area contributed by atoms with Crippen molar-refractivity contribution in [3.8, 4) is 0 Å². The zero-order chi connectivity index (χ0) is 25.5. The summed E-state index contributed by atoms with van der Waals surface area (Å²) in [6.45, 7) is 8.27. The topological polar surface area (TPSA) is 146 Å². The summed E-state index contributed by atoms with van der Waals surface area (Å²) in [5.41, 5.74) is 0.680. The standard InChI is InChI=1S/C26H38O9/c1-14-4-7-18-25(2,16(14)6-5-15-9-11-33-23(15)32)10-8-19(28)26(18,3)13-34-24-22(31)21(30)20(29)17(12-27)35-24/h5-6,9,16-22,24,27-31H,1,4,7-8,10-13H2,2-3H3/b6-5+/t16-,17-,18?,19-,20-,21+,22-,24-,25+,26+/m1/s1. The van der Waals surface area contributed by atoms with Gasteiger partial charge in [0.2, 0.25) is 0 Å². The van der Waals surface area contributed by atoms with E-state index < -0.39 is 48.8 Å². The average Bonchev–Trinajstić information content (AvgIpc) is 3.24. The van der Waals surface area contributed by atoms with Crippen molar-refractivity contribution in [1.29, 1.82) is 0 Å². The van der Waals surface area contributed by atoms with Crippen molar-refractivity contribution in [3.05, 3.63) is 36.0 Å². The summed E-state index contributed by atoms with van der Waals surface area (Å²) in [4.78, 5) is 11.9. The van der Waals surface area contributed by atoms with E-state index in [1.165, 1.54) is 0 Å². The normalized spacial score (nSPS) is 46.4. The van der Waals surface area contributed by atoms with Crippen LogP contribution in [0.2, 0.25) is 0 Å². The van der Waals surface area contributed by atoms with Crippen LogP contribution in [0.15, 0.2) is 36.0 Å². The number of hydrogen-bond donors (Lipinski definition) is 5. The molecule has 0 aromatic heterocycles. The van der Waals surface area contributed by atoms with Gasteiger partial charge in [-0.05, 0) is 43.1 Å². The number of cyclic esters (lactones) is 1. The second-order valence-corrected chi connectivity index (χ2v) is 10.9. The molecule has 2 aliphatic carbocycles. The maximum absolute atomic E-state index is 11.9. The molecule has 0 bridgehead atoms. The summed E-state index contributed by atoms with van der Waals surface area (Å²) in [7, 11) is 0. The lowest BCUT2D eigenvalue weighted by Crippen LogP contribution is -2.61. The number of allylic oxidation sites excluding steroid dienone is 2. The van der Waals surface area contributed by atoms with E-state index in [4.69, 9.17) is 14.2 Å². The van der Waals surface area contributed by atoms with E-state index in [9.17, 15) is 30.3 Å². The molecule has 1 unspecified atom stereocenters. The fourth-order valence-corrected chi connectivity index (χ4v) is 6.65. The molecule has 1 saturated heterocycles. The van der Waals surface area contributed by atoms with Crippen molar-refractivity contribution in [3.63, 3.8) is 0 Å². The van der Waals surface area contributed by atoms with Crippen LogP contribution in [0.1, 0.15) is 39.5 Å². The van der Waals surface area contributed by atoms with Crippen molar-refractivity contribution in [2.45, 2.75) is 76.3 Å². The highest BCUT2D eigenvalue weighted by atomic mass is 16.7. The monoisotopic (exact) mass is 494 g/mol. The molecule has 0 spiro atoms. The van der Waals surface area contributed by atoms with E-state index >= 15 is 0 Å². The number of aliphatic hydroxyl groups is 5. The van der Waals surface area contributed by atoms with E-state index in [1.807, 2.05) is 19.1 Å². The van der Waals surface area contributed by atoms with Gasteiger partial charge >= 0.3 is 5.97 Å². The first-order valence-corrected chi connectivity index (χ1v) is 12.4. The minimum Gasteiger partial charge on any atom is -0.458 e. The van der Waals surface area contributed by atoms with Crippen LogP contribution in [0.3, 0.4) is 0 Å². The number of hydrogen-bond acceptors (Lipinski definition) is 9. The van der Waals surface area contributed by atoms with Crippen molar-refractivity contribution in [1.82, 2.24) is 0 Å². The molecule has 4 aliphatic rings. The molecule has 2 heterocycles. The summed E-state index contributed by atoms with van der Waals surface area (Å²) in [6, 6.07) is 0. The summed E-state index contributed by atoms with van der Waals surface area (Å²) in [5.74, 6) is -0.302. The van der Waals surface area contributed by atoms with Crippen LogP contribution in [0.5, 0.6) is 0 Å². The molecule has 0 aromatic rings. The lowest BCUT2D eigenvalue weighted by molar-refractivity contribution is -0.312. The first kappa shape index (κ1) is 26.5. The maximum Gasteiger partial charge on any atom is 0.338 e. The smallest absolute Gasteiger partial charge is 0.338 e. The summed E-state index contributed by atoms with van der Waals surface area (Å²) < 4.78 is 16.5. The maximum atomic E-state index is 11.9. The fraction of sp³-hybridized carbons (Fsp3) is 0.731. The quantitative estimate of drug-likeness (QED) is 0.264. The lowest BCUT2D eigenvalue weighted by atomic mass is 9.46. The average molecular weight is 495 g/mol. The van der Waals surface area contributed by atoms with Crippen molar-refractivity contribution in [2.24, 2.45) is 22.7 Å². The molecule has 5 N–H and O–H groups in total. The fourth-order valence-electron chi connectivity index (χ4n) is 6.65. The van der Waals surface area contributed by atoms with Crippen LogP contribution < -0.4 is 0 Å². The molecule has 35 heavy (non-hydrogen) atoms. The SMILES string of the molecule is C=C1CCC2[C@](C)(CO[C@@H]3O[C@H](CO)[C@@H](O)[C@H](O)[C@H]3O)[C@H](O)CC[C@@]2(C)[C@@H]1/C=C/C1=CCOC1=O. The second kappa shape index (κ2) is 10.0. The molecule has 0 radical (unpaired) electrons. The van der Waals surface area contributed by atoms with Gasteiger partial charge in [-0.2, -0.15) is 0 Å². The highest BCUT2D eigenvalue weighted by Crippen LogP contribution is 2.61. The third kappa shape index (κ3) is 4.64. The Morgan fingerprint density at radius 1 is 1.17 bits per heavy atom. The van der Waals surface area contributed by atoms with Crippen molar-refractivity contribution < 1.29 is 44.5 Å². The Morgan fingerprint density at radius 3 is 2.57 bits per heavy atom. The van der Waals surface area contributed by atoms with E-state index in [1.54, 1.807) is 6.08 Å². The number of carbonyl (C=O) groups is 1. The van der Waals surface area contributed by atoms with Gasteiger partial charge < -0.3 is 39.7 Å². The molecule has 196 valence electrons. The molecular formula is C26H38O9. The first-order chi connectivity index (χ1) is 16.5. The predicted octanol–water partition coefficient (Wildman–Crippen LogP) is 0.592. The number of esters is 1. The zero-order valence-corrected chi connectivity index (χ0v) is 20.4. The zero-order valence-electron chi connectivity index (χ0n) is 20.4. The van der Waals surface area contributed by atoms with E-state index in [2.05, 4.69) is 13.5 Å². The third-order valence-corrected chi connectivity index (χ3v) is 8.84. The Bertz CT molecular complexity index is 882. The summed E-state index contributed by atoms with van der Waals surface area (Å²) >= 11 is 0. The van der Waals surface area contributed by atoms with Gasteiger partial charge in [0.1, 0.15) is 31.0 Å². The van der Waals surface area contributed by atoms with Gasteiger partial charge in [0.15, 0.2) is 6.29 Å². The molecule has 2 aliphatic heterocycles. The number of fused-ring (bicyclic) bond motifs is 1. The van der Waals surface area contributed by atoms with Crippen LogP contribution in [-0.4, -0.2) is 88.1 Å². The highest BCUT2D eigenvalue weighted by Gasteiger charge is 2.58. The molecule has 3 fully saturated rings. The molecule has 10 atom stereocenters. The number of ether oxygens (including phenoxy) is 3. The largest absolute Gasteiger partial charge is 0.458 e. The second-order valence-electron chi connectivity index (χ2n) is 10.9. The number of rotatable bonds is 6. The first-order valence-electron chi connectivity index (χ1n) is 12.4. The Hall–Kier alpha value is -1.59. The minimum absolute atomic E-state index is 0.00497. The van der Waals surface area contributed by atoms with Gasteiger partial charge in [0.25, 0.3) is 0 Å². The van der Waals surface area contributed by atoms with Gasteiger partial charge in [-0.25, -0.2) is 4.79 Å². The van der Waals surface area contributed by atoms with Crippen LogP contribution in [0.25, 0.3) is 0 Å². The Balaban J connectivity index is 1.54. The van der Waals surface area contributed by atoms with E-state index in [-0.39, 0.29) is 36.4 Å². The Labute approximate surface area is 205 Å². The molecule has 9 nitrogen and oxygen atoms in total. The third-order valence-electron chi connectivity index (χ3n) is 8.84. The highest BCUT2D eigenvalue weighted by molar-refractivity contribution is 5.93. The molecule has 9 heteroatoms. The van der Waals surface area contributed by atoms with Crippen molar-refractivity contribution in [2.75, 3.05) is 19.8 Å². The summed E-state index contributed by atoms with van der Waals surface area (Å²) in [5, 5.41) is 51.1. The van der Waals surface area contributed by atoms with Crippen LogP contribution in [0, 0.1) is 22.7 Å². The van der Waals surface area contributed by atoms with Gasteiger partial charge in [0.05, 0.1) is 24.9 Å². The van der Waals surface area contributed by atoms with Gasteiger partial charge in [-0.3, -0.25) is 0 Å². The van der Waals surface area contributed by atoms with Gasteiger partial charge in [0, 0.05) is 11.3 Å². The lowest BCUT2D eigenvalue weighted by Gasteiger charge is -2.60. The molecule has 4 rings (SSSR count). The molecule has 0 amide bonds. The van der Waals surface area contributed by atoms with Crippen LogP contribution in [0.4, 0.5) is 0 Å². The van der Waals surface area contributed by atoms with Crippen LogP contribution in [-0.2, 0) is 19.0 Å². The number of carbonyl (C=O) groups excluding carboxylic acids is 1. The van der Waals surface area contributed by atoms with Gasteiger partial charge in [-0.15, -0.1) is 0 Å². The summed E-state index contributed by atoms with van der Waals surface area (Å²) in [6.07, 6.45) is 1.03. The Kier molecular flexibility index (Phi) is 7.60. The van der Waals surface area contributed by atoms with E-state index in [0.717, 1.165) is 24.8 Å². The molecule has 2 saturated carbocycles. The van der Waals surface area contributed by atoms with Gasteiger partial charge in [-0.1, -0.05) is 38.2 Å². The van der Waals surface area contributed by atoms with Crippen LogP contribution >= 0.6 is 0 Å². The molecule has 0 aromatic carbocycles. The Morgan fingerprint density at radius 2 is 1.91 bits per heavy atom. The molecular weight excluding hydrogens is 456 g/mol. The van der Waals surface area contributed by atoms with E-state index in [0.29, 0.717) is 12.0 Å². The van der Waals surface area contributed by atoms with Crippen molar-refractivity contribution >= 4 is 5.97 Å². The minimum atomic E-state index is -1.52. The number of aliphatic hydroxyl groups excluding tert-OH is 5.